The van der Waals surface area contributed by atoms with Gasteiger partial charge in [0.25, 0.3) is 0 Å². The van der Waals surface area contributed by atoms with Gasteiger partial charge in [0.15, 0.2) is 11.8 Å². The molecule has 1 saturated heterocycles. The molecular formula is C20H31N7. The number of guanidine groups is 1. The third kappa shape index (κ3) is 5.29. The third-order valence-electron chi connectivity index (χ3n) is 5.27. The second kappa shape index (κ2) is 9.50. The predicted octanol–water partition coefficient (Wildman–Crippen LogP) is 1.84. The number of hydrogen-bond donors (Lipinski definition) is 2. The second-order valence-corrected chi connectivity index (χ2v) is 7.03. The summed E-state index contributed by atoms with van der Waals surface area (Å²) in [4.78, 5) is 7.31. The number of nitrogens with one attached hydrogen (secondary N) is 2. The van der Waals surface area contributed by atoms with E-state index in [1.54, 1.807) is 0 Å². The zero-order valence-electron chi connectivity index (χ0n) is 16.6. The Morgan fingerprint density at radius 2 is 2.04 bits per heavy atom. The van der Waals surface area contributed by atoms with Crippen molar-refractivity contribution in [1.82, 2.24) is 30.3 Å². The highest BCUT2D eigenvalue weighted by Gasteiger charge is 2.22. The standard InChI is InChI=1S/C20H31N7/c1-4-27-12-8-11-18(27)14-22-20(21-13-17-9-6-5-7-10-17)23-15-19-25-24-16(2)26(19)3/h5-7,9-10,18H,4,8,11-15H2,1-3H3,(H2,21,22,23). The van der Waals surface area contributed by atoms with Gasteiger partial charge in [-0.25, -0.2) is 4.99 Å². The van der Waals surface area contributed by atoms with Crippen LogP contribution in [0.1, 0.15) is 37.0 Å². The van der Waals surface area contributed by atoms with Crippen molar-refractivity contribution in [3.05, 3.63) is 47.5 Å². The molecule has 0 aliphatic carbocycles. The van der Waals surface area contributed by atoms with E-state index in [2.05, 4.69) is 44.8 Å². The average molecular weight is 370 g/mol. The zero-order valence-corrected chi connectivity index (χ0v) is 16.6. The molecule has 1 aliphatic heterocycles. The molecule has 7 heteroatoms. The first-order valence-electron chi connectivity index (χ1n) is 9.82. The fraction of sp³-hybridized carbons (Fsp3) is 0.550. The lowest BCUT2D eigenvalue weighted by atomic mass is 10.2. The van der Waals surface area contributed by atoms with E-state index < -0.39 is 0 Å². The molecule has 27 heavy (non-hydrogen) atoms. The number of likely N-dealkylation sites (N-methyl/N-ethyl adjacent to an activating group) is 1. The second-order valence-electron chi connectivity index (χ2n) is 7.03. The maximum atomic E-state index is 4.78. The number of aliphatic imine (C=N–C) groups is 1. The summed E-state index contributed by atoms with van der Waals surface area (Å²) in [5.74, 6) is 2.63. The van der Waals surface area contributed by atoms with Crippen molar-refractivity contribution < 1.29 is 0 Å². The summed E-state index contributed by atoms with van der Waals surface area (Å²) in [6.45, 7) is 8.65. The summed E-state index contributed by atoms with van der Waals surface area (Å²) in [5, 5.41) is 15.3. The molecule has 1 atom stereocenters. The number of aromatic nitrogens is 3. The Balaban J connectivity index is 1.63. The maximum Gasteiger partial charge on any atom is 0.192 e. The Hall–Kier alpha value is -2.41. The number of rotatable bonds is 7. The van der Waals surface area contributed by atoms with Gasteiger partial charge in [-0.2, -0.15) is 0 Å². The smallest absolute Gasteiger partial charge is 0.192 e. The number of aryl methyl sites for hydroxylation is 1. The summed E-state index contributed by atoms with van der Waals surface area (Å²) in [6, 6.07) is 10.9. The summed E-state index contributed by atoms with van der Waals surface area (Å²) < 4.78 is 2.00. The summed E-state index contributed by atoms with van der Waals surface area (Å²) in [5.41, 5.74) is 1.20. The van der Waals surface area contributed by atoms with Crippen molar-refractivity contribution in [3.63, 3.8) is 0 Å². The fourth-order valence-corrected chi connectivity index (χ4v) is 3.45. The van der Waals surface area contributed by atoms with E-state index in [0.29, 0.717) is 19.1 Å². The van der Waals surface area contributed by atoms with Gasteiger partial charge in [-0.1, -0.05) is 37.3 Å². The van der Waals surface area contributed by atoms with Gasteiger partial charge in [-0.15, -0.1) is 10.2 Å². The molecule has 146 valence electrons. The largest absolute Gasteiger partial charge is 0.355 e. The van der Waals surface area contributed by atoms with Crippen LogP contribution < -0.4 is 10.6 Å². The molecule has 1 aromatic carbocycles. The molecule has 7 nitrogen and oxygen atoms in total. The molecule has 3 rings (SSSR count). The Labute approximate surface area is 161 Å². The van der Waals surface area contributed by atoms with Crippen LogP contribution in [0.3, 0.4) is 0 Å². The van der Waals surface area contributed by atoms with E-state index in [1.165, 1.54) is 24.9 Å². The fourth-order valence-electron chi connectivity index (χ4n) is 3.45. The highest BCUT2D eigenvalue weighted by atomic mass is 15.3. The van der Waals surface area contributed by atoms with Gasteiger partial charge in [0.2, 0.25) is 0 Å². The minimum Gasteiger partial charge on any atom is -0.355 e. The normalized spacial score (nSPS) is 18.0. The molecule has 0 amide bonds. The van der Waals surface area contributed by atoms with Crippen molar-refractivity contribution in [2.75, 3.05) is 19.6 Å². The molecule has 0 radical (unpaired) electrons. The van der Waals surface area contributed by atoms with Crippen molar-refractivity contribution in [3.8, 4) is 0 Å². The molecule has 2 aromatic rings. The van der Waals surface area contributed by atoms with E-state index in [9.17, 15) is 0 Å². The Bertz CT molecular complexity index is 738. The topological polar surface area (TPSA) is 70.4 Å². The summed E-state index contributed by atoms with van der Waals surface area (Å²) in [6.07, 6.45) is 2.53. The minimum atomic E-state index is 0.579. The minimum absolute atomic E-state index is 0.579. The zero-order chi connectivity index (χ0) is 19.1. The SMILES string of the molecule is CCN1CCCC1CNC(=NCc1ccccc1)NCc1nnc(C)n1C. The predicted molar refractivity (Wildman–Crippen MR) is 108 cm³/mol. The van der Waals surface area contributed by atoms with Gasteiger partial charge < -0.3 is 15.2 Å². The summed E-state index contributed by atoms with van der Waals surface area (Å²) in [7, 11) is 1.98. The molecule has 1 unspecified atom stereocenters. The highest BCUT2D eigenvalue weighted by Crippen LogP contribution is 2.15. The average Bonchev–Trinajstić information content (AvgIpc) is 3.29. The monoisotopic (exact) mass is 369 g/mol. The van der Waals surface area contributed by atoms with Gasteiger partial charge in [0.1, 0.15) is 5.82 Å². The van der Waals surface area contributed by atoms with Crippen molar-refractivity contribution >= 4 is 5.96 Å². The van der Waals surface area contributed by atoms with Crippen molar-refractivity contribution in [2.24, 2.45) is 12.0 Å². The van der Waals surface area contributed by atoms with Gasteiger partial charge in [-0.05, 0) is 38.4 Å². The molecule has 1 aromatic heterocycles. The first kappa shape index (κ1) is 19.4. The van der Waals surface area contributed by atoms with E-state index in [0.717, 1.165) is 30.7 Å². The maximum absolute atomic E-state index is 4.78. The lowest BCUT2D eigenvalue weighted by molar-refractivity contribution is 0.267. The number of likely N-dealkylation sites (tertiary alicyclic amines) is 1. The van der Waals surface area contributed by atoms with Crippen LogP contribution in [0.25, 0.3) is 0 Å². The molecule has 0 saturated carbocycles. The molecule has 1 aliphatic rings. The van der Waals surface area contributed by atoms with E-state index >= 15 is 0 Å². The Morgan fingerprint density at radius 3 is 2.74 bits per heavy atom. The van der Waals surface area contributed by atoms with Crippen LogP contribution in [0.5, 0.6) is 0 Å². The number of benzene rings is 1. The highest BCUT2D eigenvalue weighted by molar-refractivity contribution is 5.79. The van der Waals surface area contributed by atoms with E-state index in [1.807, 2.05) is 36.7 Å². The molecule has 2 N–H and O–H groups in total. The molecule has 2 heterocycles. The third-order valence-corrected chi connectivity index (χ3v) is 5.27. The lowest BCUT2D eigenvalue weighted by Gasteiger charge is -2.24. The van der Waals surface area contributed by atoms with Crippen molar-refractivity contribution in [1.29, 1.82) is 0 Å². The number of hydrogen-bond acceptors (Lipinski definition) is 4. The van der Waals surface area contributed by atoms with Crippen LogP contribution >= 0.6 is 0 Å². The van der Waals surface area contributed by atoms with Crippen LogP contribution in [-0.4, -0.2) is 51.3 Å². The molecular weight excluding hydrogens is 338 g/mol. The van der Waals surface area contributed by atoms with Crippen LogP contribution in [0.2, 0.25) is 0 Å². The quantitative estimate of drug-likeness (QED) is 0.576. The van der Waals surface area contributed by atoms with Crippen LogP contribution in [0, 0.1) is 6.92 Å². The van der Waals surface area contributed by atoms with Gasteiger partial charge in [0, 0.05) is 19.6 Å². The molecule has 0 bridgehead atoms. The van der Waals surface area contributed by atoms with Gasteiger partial charge in [0.05, 0.1) is 13.1 Å². The first-order chi connectivity index (χ1) is 13.2. The lowest BCUT2D eigenvalue weighted by Crippen LogP contribution is -2.44. The first-order valence-corrected chi connectivity index (χ1v) is 9.82. The van der Waals surface area contributed by atoms with Crippen LogP contribution in [-0.2, 0) is 20.1 Å². The molecule has 1 fully saturated rings. The van der Waals surface area contributed by atoms with Crippen LogP contribution in [0.15, 0.2) is 35.3 Å². The number of nitrogens with zero attached hydrogens (tertiary/aromatic N) is 5. The van der Waals surface area contributed by atoms with Crippen LogP contribution in [0.4, 0.5) is 0 Å². The van der Waals surface area contributed by atoms with E-state index in [-0.39, 0.29) is 0 Å². The Kier molecular flexibility index (Phi) is 6.81. The van der Waals surface area contributed by atoms with Gasteiger partial charge in [-0.3, -0.25) is 4.90 Å². The van der Waals surface area contributed by atoms with Crippen molar-refractivity contribution in [2.45, 2.75) is 45.8 Å². The Morgan fingerprint density at radius 1 is 1.22 bits per heavy atom. The van der Waals surface area contributed by atoms with Gasteiger partial charge >= 0.3 is 0 Å². The summed E-state index contributed by atoms with van der Waals surface area (Å²) >= 11 is 0. The van der Waals surface area contributed by atoms with E-state index in [4.69, 9.17) is 4.99 Å². The molecule has 0 spiro atoms.